The molecule has 2 aliphatic carbocycles. The summed E-state index contributed by atoms with van der Waals surface area (Å²) < 4.78 is 7.65. The Hall–Kier alpha value is -1.39. The number of rotatable bonds is 6. The third-order valence-electron chi connectivity index (χ3n) is 8.66. The Kier molecular flexibility index (Phi) is 6.13. The number of thiophene rings is 1. The third-order valence-corrected chi connectivity index (χ3v) is 9.72. The predicted octanol–water partition coefficient (Wildman–Crippen LogP) is 5.98. The lowest BCUT2D eigenvalue weighted by Crippen LogP contribution is -2.65. The minimum absolute atomic E-state index is 0.107. The van der Waals surface area contributed by atoms with E-state index in [0.717, 1.165) is 49.6 Å². The van der Waals surface area contributed by atoms with E-state index in [2.05, 4.69) is 37.3 Å². The highest BCUT2D eigenvalue weighted by molar-refractivity contribution is 7.11. The lowest BCUT2D eigenvalue weighted by atomic mass is 9.73. The van der Waals surface area contributed by atoms with Gasteiger partial charge in [-0.1, -0.05) is 43.9 Å². The largest absolute Gasteiger partial charge is 0.455 e. The smallest absolute Gasteiger partial charge is 0.316 e. The average molecular weight is 441 g/mol. The van der Waals surface area contributed by atoms with Gasteiger partial charge in [-0.2, -0.15) is 0 Å². The molecule has 4 heteroatoms. The number of esters is 1. The highest BCUT2D eigenvalue weighted by Gasteiger charge is 2.50. The minimum atomic E-state index is -0.356. The average Bonchev–Trinajstić information content (AvgIpc) is 3.40. The van der Waals surface area contributed by atoms with Crippen LogP contribution in [0.2, 0.25) is 0 Å². The summed E-state index contributed by atoms with van der Waals surface area (Å²) >= 11 is 1.94. The molecule has 0 unspecified atom stereocenters. The maximum atomic E-state index is 13.8. The molecule has 4 heterocycles. The van der Waals surface area contributed by atoms with Crippen molar-refractivity contribution in [2.24, 2.45) is 11.3 Å². The Morgan fingerprint density at radius 1 is 1.16 bits per heavy atom. The highest BCUT2D eigenvalue weighted by atomic mass is 32.1. The van der Waals surface area contributed by atoms with Gasteiger partial charge in [0.05, 0.1) is 25.0 Å². The molecular weight excluding hydrogens is 402 g/mol. The summed E-state index contributed by atoms with van der Waals surface area (Å²) in [4.78, 5) is 16.7. The molecule has 0 radical (unpaired) electrons. The Labute approximate surface area is 191 Å². The zero-order valence-corrected chi connectivity index (χ0v) is 19.9. The summed E-state index contributed by atoms with van der Waals surface area (Å²) in [5, 5.41) is 0. The first-order valence-corrected chi connectivity index (χ1v) is 13.4. The van der Waals surface area contributed by atoms with Gasteiger partial charge in [0.1, 0.15) is 6.54 Å². The predicted molar refractivity (Wildman–Crippen MR) is 127 cm³/mol. The lowest BCUT2D eigenvalue weighted by molar-refractivity contribution is -0.946. The van der Waals surface area contributed by atoms with Gasteiger partial charge in [-0.3, -0.25) is 4.79 Å². The number of quaternary nitrogens is 1. The Morgan fingerprint density at radius 3 is 2.58 bits per heavy atom. The number of aryl methyl sites for hydroxylation is 1. The van der Waals surface area contributed by atoms with Crippen LogP contribution in [0.5, 0.6) is 0 Å². The molecule has 2 bridgehead atoms. The maximum absolute atomic E-state index is 13.8. The lowest BCUT2D eigenvalue weighted by Gasteiger charge is -2.52. The molecule has 6 rings (SSSR count). The molecule has 3 saturated heterocycles. The molecular formula is C27H38NO2S+. The summed E-state index contributed by atoms with van der Waals surface area (Å²) in [5.41, 5.74) is 0.961. The molecule has 0 amide bonds. The Balaban J connectivity index is 1.29. The topological polar surface area (TPSA) is 26.3 Å². The SMILES string of the molecule is Cc1ccc(CC[N+]23CCC(CC2)[C@@H](OC(=O)C2(C4=CC=CC4)CCCCCC2)C3)s1. The van der Waals surface area contributed by atoms with Gasteiger partial charge in [0.25, 0.3) is 0 Å². The van der Waals surface area contributed by atoms with Crippen molar-refractivity contribution in [3.63, 3.8) is 0 Å². The molecule has 0 N–H and O–H groups in total. The number of allylic oxidation sites excluding steroid dienone is 3. The number of nitrogens with zero attached hydrogens (tertiary/aromatic N) is 1. The van der Waals surface area contributed by atoms with Gasteiger partial charge in [0, 0.05) is 34.9 Å². The van der Waals surface area contributed by atoms with E-state index in [4.69, 9.17) is 4.74 Å². The van der Waals surface area contributed by atoms with Crippen LogP contribution in [-0.2, 0) is 16.0 Å². The normalized spacial score (nSPS) is 32.0. The number of hydrogen-bond acceptors (Lipinski definition) is 3. The second-order valence-electron chi connectivity index (χ2n) is 10.6. The van der Waals surface area contributed by atoms with Crippen LogP contribution in [0.25, 0.3) is 0 Å². The second-order valence-corrected chi connectivity index (χ2v) is 11.9. The van der Waals surface area contributed by atoms with Crippen LogP contribution in [0.1, 0.15) is 67.5 Å². The zero-order valence-electron chi connectivity index (χ0n) is 19.1. The van der Waals surface area contributed by atoms with Crippen molar-refractivity contribution in [3.05, 3.63) is 45.7 Å². The highest BCUT2D eigenvalue weighted by Crippen LogP contribution is 2.46. The molecule has 4 fully saturated rings. The molecule has 31 heavy (non-hydrogen) atoms. The van der Waals surface area contributed by atoms with Crippen molar-refractivity contribution in [1.29, 1.82) is 0 Å². The third kappa shape index (κ3) is 4.30. The van der Waals surface area contributed by atoms with Gasteiger partial charge in [-0.25, -0.2) is 0 Å². The molecule has 1 saturated carbocycles. The molecule has 5 aliphatic rings. The monoisotopic (exact) mass is 440 g/mol. The van der Waals surface area contributed by atoms with Gasteiger partial charge < -0.3 is 9.22 Å². The number of piperidine rings is 3. The number of carbonyl (C=O) groups is 1. The van der Waals surface area contributed by atoms with E-state index >= 15 is 0 Å². The number of fused-ring (bicyclic) bond motifs is 3. The van der Waals surface area contributed by atoms with Crippen LogP contribution in [0, 0.1) is 18.3 Å². The number of hydrogen-bond donors (Lipinski definition) is 0. The quantitative estimate of drug-likeness (QED) is 0.309. The molecule has 1 atom stereocenters. The van der Waals surface area contributed by atoms with Gasteiger partial charge in [-0.15, -0.1) is 11.3 Å². The summed E-state index contributed by atoms with van der Waals surface area (Å²) in [5.74, 6) is 0.682. The fourth-order valence-corrected chi connectivity index (χ4v) is 7.56. The van der Waals surface area contributed by atoms with E-state index in [1.807, 2.05) is 11.3 Å². The van der Waals surface area contributed by atoms with Gasteiger partial charge in [-0.05, 0) is 43.9 Å². The van der Waals surface area contributed by atoms with Crippen molar-refractivity contribution in [2.45, 2.75) is 77.2 Å². The minimum Gasteiger partial charge on any atom is -0.455 e. The van der Waals surface area contributed by atoms with Gasteiger partial charge in [0.2, 0.25) is 0 Å². The molecule has 0 spiro atoms. The Bertz CT molecular complexity index is 850. The van der Waals surface area contributed by atoms with E-state index in [-0.39, 0.29) is 17.5 Å². The summed E-state index contributed by atoms with van der Waals surface area (Å²) in [6.07, 6.45) is 18.0. The van der Waals surface area contributed by atoms with E-state index in [1.54, 1.807) is 0 Å². The summed E-state index contributed by atoms with van der Waals surface area (Å²) in [6, 6.07) is 4.54. The molecule has 3 nitrogen and oxygen atoms in total. The van der Waals surface area contributed by atoms with E-state index < -0.39 is 0 Å². The van der Waals surface area contributed by atoms with E-state index in [1.165, 1.54) is 60.6 Å². The molecule has 1 aromatic rings. The maximum Gasteiger partial charge on any atom is 0.316 e. The first-order chi connectivity index (χ1) is 15.1. The molecule has 3 aliphatic heterocycles. The second kappa shape index (κ2) is 8.86. The first kappa shape index (κ1) is 21.5. The molecule has 168 valence electrons. The number of ether oxygens (including phenoxy) is 1. The fraction of sp³-hybridized carbons (Fsp3) is 0.667. The van der Waals surface area contributed by atoms with E-state index in [9.17, 15) is 4.79 Å². The van der Waals surface area contributed by atoms with Crippen LogP contribution >= 0.6 is 11.3 Å². The summed E-state index contributed by atoms with van der Waals surface area (Å²) in [7, 11) is 0. The van der Waals surface area contributed by atoms with Crippen LogP contribution < -0.4 is 0 Å². The number of carbonyl (C=O) groups excluding carboxylic acids is 1. The van der Waals surface area contributed by atoms with Crippen molar-refractivity contribution in [1.82, 2.24) is 0 Å². The van der Waals surface area contributed by atoms with Crippen LogP contribution in [0.4, 0.5) is 0 Å². The fourth-order valence-electron chi connectivity index (χ4n) is 6.68. The Morgan fingerprint density at radius 2 is 1.94 bits per heavy atom. The zero-order chi connectivity index (χ0) is 21.3. The molecule has 0 aromatic carbocycles. The van der Waals surface area contributed by atoms with E-state index in [0.29, 0.717) is 5.92 Å². The molecule has 1 aromatic heterocycles. The van der Waals surface area contributed by atoms with Crippen molar-refractivity contribution >= 4 is 17.3 Å². The van der Waals surface area contributed by atoms with Crippen LogP contribution in [-0.4, -0.2) is 42.7 Å². The van der Waals surface area contributed by atoms with Gasteiger partial charge >= 0.3 is 5.97 Å². The van der Waals surface area contributed by atoms with Crippen molar-refractivity contribution < 1.29 is 14.0 Å². The first-order valence-electron chi connectivity index (χ1n) is 12.6. The summed E-state index contributed by atoms with van der Waals surface area (Å²) in [6.45, 7) is 6.96. The standard InChI is InChI=1S/C27H38NO2S/c1-21-10-11-24(31-21)14-19-28-17-12-22(13-18-28)25(20-28)30-26(29)27(23-8-4-5-9-23)15-6-2-3-7-16-27/h4-5,8,10-11,22,25H,2-3,6-7,9,12-20H2,1H3/q+1/t22?,25-,28?/m0/s1. The van der Waals surface area contributed by atoms with Gasteiger partial charge in [0.15, 0.2) is 6.10 Å². The van der Waals surface area contributed by atoms with Crippen molar-refractivity contribution in [3.8, 4) is 0 Å². The van der Waals surface area contributed by atoms with Crippen LogP contribution in [0.15, 0.2) is 35.9 Å². The van der Waals surface area contributed by atoms with Crippen molar-refractivity contribution in [2.75, 3.05) is 26.2 Å². The van der Waals surface area contributed by atoms with Crippen LogP contribution in [0.3, 0.4) is 0 Å².